The van der Waals surface area contributed by atoms with Crippen LogP contribution in [-0.2, 0) is 11.3 Å². The molecule has 11 heteroatoms. The fourth-order valence-corrected chi connectivity index (χ4v) is 5.57. The number of aromatic amines is 1. The molecule has 2 aromatic heterocycles. The number of H-pyrrole nitrogens is 1. The Morgan fingerprint density at radius 1 is 1.13 bits per heavy atom. The summed E-state index contributed by atoms with van der Waals surface area (Å²) in [4.78, 5) is 21.1. The van der Waals surface area contributed by atoms with Gasteiger partial charge in [0.25, 0.3) is 5.56 Å². The Labute approximate surface area is 225 Å². The highest BCUT2D eigenvalue weighted by molar-refractivity contribution is 5.80. The van der Waals surface area contributed by atoms with E-state index in [1.54, 1.807) is 16.8 Å². The fraction of sp³-hybridized carbons (Fsp3) is 0.429. The number of tetrazole rings is 1. The highest BCUT2D eigenvalue weighted by Crippen LogP contribution is 2.30. The first-order valence-electron chi connectivity index (χ1n) is 13.5. The molecule has 0 saturated carbocycles. The van der Waals surface area contributed by atoms with Gasteiger partial charge in [0.15, 0.2) is 5.82 Å². The van der Waals surface area contributed by atoms with E-state index in [1.807, 2.05) is 31.2 Å². The zero-order valence-corrected chi connectivity index (χ0v) is 21.9. The molecule has 10 nitrogen and oxygen atoms in total. The van der Waals surface area contributed by atoms with Crippen molar-refractivity contribution in [2.24, 2.45) is 0 Å². The van der Waals surface area contributed by atoms with Gasteiger partial charge in [0.2, 0.25) is 0 Å². The minimum Gasteiger partial charge on any atom is -0.494 e. The molecular weight excluding hydrogens is 501 g/mol. The van der Waals surface area contributed by atoms with E-state index in [0.717, 1.165) is 54.9 Å². The maximum Gasteiger partial charge on any atom is 0.253 e. The standard InChI is InChI=1S/C28H32FN7O3/c1-2-38-22-9-10-25-19(16-22)17-24(28(37)30-25)26(27-31-32-33-36(27)18-23-4-3-15-39-23)35-13-11-34(12-14-35)21-7-5-20(29)6-8-21/h5-10,16-17,23,26H,2-4,11-15,18H2,1H3,(H,30,37)/t23-,26+/m1/s1. The molecule has 39 heavy (non-hydrogen) atoms. The van der Waals surface area contributed by atoms with Crippen molar-refractivity contribution in [1.29, 1.82) is 0 Å². The number of piperazine rings is 1. The number of halogens is 1. The average molecular weight is 534 g/mol. The van der Waals surface area contributed by atoms with Gasteiger partial charge < -0.3 is 19.4 Å². The minimum atomic E-state index is -0.458. The second-order valence-electron chi connectivity index (χ2n) is 9.99. The molecule has 6 rings (SSSR count). The normalized spacial score (nSPS) is 19.0. The molecule has 0 aliphatic carbocycles. The third-order valence-electron chi connectivity index (χ3n) is 7.53. The van der Waals surface area contributed by atoms with Crippen LogP contribution in [-0.4, -0.2) is 75.6 Å². The van der Waals surface area contributed by atoms with Crippen molar-refractivity contribution in [2.45, 2.75) is 38.5 Å². The summed E-state index contributed by atoms with van der Waals surface area (Å²) in [6, 6.07) is 13.7. The highest BCUT2D eigenvalue weighted by Gasteiger charge is 2.33. The fourth-order valence-electron chi connectivity index (χ4n) is 5.57. The molecule has 4 heterocycles. The number of rotatable bonds is 8. The van der Waals surface area contributed by atoms with Gasteiger partial charge in [-0.15, -0.1) is 5.10 Å². The topological polar surface area (TPSA) is 101 Å². The molecule has 2 aliphatic heterocycles. The van der Waals surface area contributed by atoms with E-state index < -0.39 is 6.04 Å². The summed E-state index contributed by atoms with van der Waals surface area (Å²) in [5.41, 5.74) is 2.12. The van der Waals surface area contributed by atoms with Crippen molar-refractivity contribution in [3.8, 4) is 5.75 Å². The van der Waals surface area contributed by atoms with E-state index >= 15 is 0 Å². The number of aromatic nitrogens is 5. The van der Waals surface area contributed by atoms with Crippen LogP contribution in [0.1, 0.15) is 37.2 Å². The molecule has 0 unspecified atom stereocenters. The van der Waals surface area contributed by atoms with Crippen molar-refractivity contribution in [3.05, 3.63) is 76.1 Å². The van der Waals surface area contributed by atoms with Gasteiger partial charge in [-0.2, -0.15) is 0 Å². The van der Waals surface area contributed by atoms with Gasteiger partial charge in [-0.05, 0) is 78.7 Å². The van der Waals surface area contributed by atoms with Crippen LogP contribution in [0.5, 0.6) is 5.75 Å². The van der Waals surface area contributed by atoms with Gasteiger partial charge in [-0.3, -0.25) is 9.69 Å². The van der Waals surface area contributed by atoms with E-state index in [4.69, 9.17) is 9.47 Å². The van der Waals surface area contributed by atoms with E-state index in [2.05, 4.69) is 30.3 Å². The van der Waals surface area contributed by atoms with Crippen LogP contribution in [0.25, 0.3) is 10.9 Å². The van der Waals surface area contributed by atoms with Gasteiger partial charge >= 0.3 is 0 Å². The van der Waals surface area contributed by atoms with Crippen LogP contribution in [0.4, 0.5) is 10.1 Å². The maximum atomic E-state index is 13.5. The first-order chi connectivity index (χ1) is 19.1. The number of anilines is 1. The van der Waals surface area contributed by atoms with E-state index in [1.165, 1.54) is 12.1 Å². The number of hydrogen-bond acceptors (Lipinski definition) is 8. The summed E-state index contributed by atoms with van der Waals surface area (Å²) in [5.74, 6) is 1.11. The number of nitrogens with zero attached hydrogens (tertiary/aromatic N) is 6. The monoisotopic (exact) mass is 533 g/mol. The Morgan fingerprint density at radius 2 is 1.95 bits per heavy atom. The Morgan fingerprint density at radius 3 is 2.69 bits per heavy atom. The molecule has 0 bridgehead atoms. The Kier molecular flexibility index (Phi) is 7.25. The van der Waals surface area contributed by atoms with Crippen molar-refractivity contribution < 1.29 is 13.9 Å². The predicted molar refractivity (Wildman–Crippen MR) is 145 cm³/mol. The minimum absolute atomic E-state index is 0.0480. The molecule has 4 aromatic rings. The predicted octanol–water partition coefficient (Wildman–Crippen LogP) is 3.14. The molecular formula is C28H32FN7O3. The number of fused-ring (bicyclic) bond motifs is 1. The van der Waals surface area contributed by atoms with Crippen LogP contribution in [0.15, 0.2) is 53.3 Å². The van der Waals surface area contributed by atoms with Crippen LogP contribution in [0, 0.1) is 5.82 Å². The number of nitrogens with one attached hydrogen (secondary N) is 1. The Balaban J connectivity index is 1.36. The quantitative estimate of drug-likeness (QED) is 0.369. The molecule has 204 valence electrons. The third-order valence-corrected chi connectivity index (χ3v) is 7.53. The van der Waals surface area contributed by atoms with Crippen LogP contribution >= 0.6 is 0 Å². The first-order valence-corrected chi connectivity index (χ1v) is 13.5. The van der Waals surface area contributed by atoms with Crippen LogP contribution in [0.3, 0.4) is 0 Å². The molecule has 2 saturated heterocycles. The second-order valence-corrected chi connectivity index (χ2v) is 9.99. The highest BCUT2D eigenvalue weighted by atomic mass is 19.1. The van der Waals surface area contributed by atoms with Crippen molar-refractivity contribution >= 4 is 16.6 Å². The molecule has 0 amide bonds. The van der Waals surface area contributed by atoms with Crippen LogP contribution < -0.4 is 15.2 Å². The smallest absolute Gasteiger partial charge is 0.253 e. The molecule has 2 atom stereocenters. The summed E-state index contributed by atoms with van der Waals surface area (Å²) in [6.07, 6.45) is 2.02. The van der Waals surface area contributed by atoms with Gasteiger partial charge in [0, 0.05) is 54.9 Å². The van der Waals surface area contributed by atoms with Crippen molar-refractivity contribution in [1.82, 2.24) is 30.1 Å². The van der Waals surface area contributed by atoms with Gasteiger partial charge in [0.05, 0.1) is 19.3 Å². The number of benzene rings is 2. The van der Waals surface area contributed by atoms with E-state index in [-0.39, 0.29) is 17.5 Å². The van der Waals surface area contributed by atoms with Crippen molar-refractivity contribution in [3.63, 3.8) is 0 Å². The van der Waals surface area contributed by atoms with Crippen LogP contribution in [0.2, 0.25) is 0 Å². The lowest BCUT2D eigenvalue weighted by Gasteiger charge is -2.39. The number of ether oxygens (including phenoxy) is 2. The summed E-state index contributed by atoms with van der Waals surface area (Å²) in [7, 11) is 0. The second kappa shape index (κ2) is 11.1. The Hall–Kier alpha value is -3.83. The Bertz CT molecular complexity index is 1470. The zero-order chi connectivity index (χ0) is 26.8. The zero-order valence-electron chi connectivity index (χ0n) is 21.9. The average Bonchev–Trinajstić information content (AvgIpc) is 3.63. The van der Waals surface area contributed by atoms with Gasteiger partial charge in [-0.25, -0.2) is 9.07 Å². The number of pyridine rings is 1. The summed E-state index contributed by atoms with van der Waals surface area (Å²) in [6.45, 7) is 6.55. The lowest BCUT2D eigenvalue weighted by molar-refractivity contribution is 0.0906. The van der Waals surface area contributed by atoms with Gasteiger partial charge in [-0.1, -0.05) is 0 Å². The molecule has 2 aliphatic rings. The lowest BCUT2D eigenvalue weighted by atomic mass is 10.0. The first kappa shape index (κ1) is 25.4. The maximum absolute atomic E-state index is 13.5. The molecule has 0 radical (unpaired) electrons. The molecule has 2 aromatic carbocycles. The van der Waals surface area contributed by atoms with Crippen molar-refractivity contribution in [2.75, 3.05) is 44.3 Å². The van der Waals surface area contributed by atoms with E-state index in [9.17, 15) is 9.18 Å². The summed E-state index contributed by atoms with van der Waals surface area (Å²) < 4.78 is 26.8. The SMILES string of the molecule is CCOc1ccc2[nH]c(=O)c([C@@H](c3nnnn3C[C@H]3CCCO3)N3CCN(c4ccc(F)cc4)CC3)cc2c1. The van der Waals surface area contributed by atoms with Gasteiger partial charge in [0.1, 0.15) is 17.6 Å². The molecule has 2 fully saturated rings. The van der Waals surface area contributed by atoms with E-state index in [0.29, 0.717) is 37.6 Å². The molecule has 1 N–H and O–H groups in total. The third kappa shape index (κ3) is 5.37. The summed E-state index contributed by atoms with van der Waals surface area (Å²) >= 11 is 0. The largest absolute Gasteiger partial charge is 0.494 e. The number of hydrogen-bond donors (Lipinski definition) is 1. The molecule has 0 spiro atoms. The summed E-state index contributed by atoms with van der Waals surface area (Å²) in [5, 5.41) is 13.6. The lowest BCUT2D eigenvalue weighted by Crippen LogP contribution is -2.49.